The average Bonchev–Trinajstić information content (AvgIpc) is 2.29. The van der Waals surface area contributed by atoms with E-state index < -0.39 is 35.9 Å². The van der Waals surface area contributed by atoms with Crippen LogP contribution in [0.2, 0.25) is 0 Å². The first-order chi connectivity index (χ1) is 7.20. The molecule has 0 unspecified atom stereocenters. The Bertz CT molecular complexity index is 296. The molecule has 6 nitrogen and oxygen atoms in total. The fraction of sp³-hybridized carbons (Fsp3) is 0.800. The van der Waals surface area contributed by atoms with E-state index in [1.165, 1.54) is 0 Å². The number of carbonyl (C=O) groups excluding carboxylic acids is 2. The molecule has 16 heavy (non-hydrogen) atoms. The Labute approximate surface area is 93.9 Å². The summed E-state index contributed by atoms with van der Waals surface area (Å²) in [6, 6.07) is -1.05. The number of esters is 1. The molecule has 6 heteroatoms. The van der Waals surface area contributed by atoms with Gasteiger partial charge in [0.25, 0.3) is 0 Å². The maximum absolute atomic E-state index is 11.4. The molecule has 3 atom stereocenters. The van der Waals surface area contributed by atoms with Crippen molar-refractivity contribution in [1.82, 2.24) is 5.32 Å². The van der Waals surface area contributed by atoms with Crippen LogP contribution in [0.3, 0.4) is 0 Å². The molecule has 1 rings (SSSR count). The van der Waals surface area contributed by atoms with Crippen LogP contribution in [0.4, 0.5) is 4.79 Å². The van der Waals surface area contributed by atoms with Crippen molar-refractivity contribution in [3.8, 4) is 0 Å². The Morgan fingerprint density at radius 3 is 2.44 bits per heavy atom. The van der Waals surface area contributed by atoms with E-state index >= 15 is 0 Å². The normalized spacial score (nSPS) is 29.8. The Hall–Kier alpha value is -1.30. The minimum absolute atomic E-state index is 0.618. The second-order valence-electron chi connectivity index (χ2n) is 4.76. The predicted octanol–water partition coefficient (Wildman–Crippen LogP) is 0.186. The zero-order chi connectivity index (χ0) is 12.5. The van der Waals surface area contributed by atoms with Gasteiger partial charge in [-0.1, -0.05) is 0 Å². The molecule has 1 heterocycles. The van der Waals surface area contributed by atoms with Crippen LogP contribution in [0.5, 0.6) is 0 Å². The van der Waals surface area contributed by atoms with Crippen LogP contribution in [-0.2, 0) is 14.3 Å². The third-order valence-corrected chi connectivity index (χ3v) is 2.05. The smallest absolute Gasteiger partial charge is 0.408 e. The fourth-order valence-corrected chi connectivity index (χ4v) is 1.32. The molecule has 0 spiro atoms. The van der Waals surface area contributed by atoms with E-state index in [0.717, 1.165) is 0 Å². The Morgan fingerprint density at radius 1 is 1.50 bits per heavy atom. The summed E-state index contributed by atoms with van der Waals surface area (Å²) in [6.07, 6.45) is -2.41. The highest BCUT2D eigenvalue weighted by atomic mass is 16.6. The number of carbonyl (C=O) groups is 2. The van der Waals surface area contributed by atoms with E-state index in [4.69, 9.17) is 9.47 Å². The third-order valence-electron chi connectivity index (χ3n) is 2.05. The predicted molar refractivity (Wildman–Crippen MR) is 54.7 cm³/mol. The minimum atomic E-state index is -1.05. The van der Waals surface area contributed by atoms with Gasteiger partial charge in [-0.2, -0.15) is 0 Å². The standard InChI is InChI=1S/C10H17NO5/c1-5-7(12)6(8(13)15-5)11-9(14)16-10(2,3)4/h5-7,12H,1-4H3,(H,11,14)/t5-,6+,7+/m1/s1. The zero-order valence-corrected chi connectivity index (χ0v) is 9.81. The first kappa shape index (κ1) is 12.8. The van der Waals surface area contributed by atoms with Gasteiger partial charge in [-0.15, -0.1) is 0 Å². The van der Waals surface area contributed by atoms with Crippen LogP contribution >= 0.6 is 0 Å². The van der Waals surface area contributed by atoms with Crippen LogP contribution in [-0.4, -0.2) is 41.0 Å². The Balaban J connectivity index is 2.55. The summed E-state index contributed by atoms with van der Waals surface area (Å²) in [4.78, 5) is 22.6. The van der Waals surface area contributed by atoms with E-state index in [2.05, 4.69) is 5.32 Å². The molecule has 1 aliphatic rings. The number of alkyl carbamates (subject to hydrolysis) is 1. The first-order valence-electron chi connectivity index (χ1n) is 5.09. The first-order valence-corrected chi connectivity index (χ1v) is 5.09. The topological polar surface area (TPSA) is 84.9 Å². The highest BCUT2D eigenvalue weighted by Crippen LogP contribution is 2.16. The van der Waals surface area contributed by atoms with Crippen LogP contribution in [0.1, 0.15) is 27.7 Å². The lowest BCUT2D eigenvalue weighted by molar-refractivity contribution is -0.142. The summed E-state index contributed by atoms with van der Waals surface area (Å²) < 4.78 is 9.72. The van der Waals surface area contributed by atoms with Gasteiger partial charge in [0.2, 0.25) is 0 Å². The highest BCUT2D eigenvalue weighted by molar-refractivity contribution is 5.84. The molecule has 0 aliphatic carbocycles. The number of cyclic esters (lactones) is 1. The van der Waals surface area contributed by atoms with Gasteiger partial charge in [-0.3, -0.25) is 0 Å². The molecule has 92 valence electrons. The lowest BCUT2D eigenvalue weighted by atomic mass is 10.1. The van der Waals surface area contributed by atoms with Crippen molar-refractivity contribution in [2.75, 3.05) is 0 Å². The molecule has 1 fully saturated rings. The van der Waals surface area contributed by atoms with E-state index in [1.54, 1.807) is 27.7 Å². The molecule has 0 aromatic rings. The summed E-state index contributed by atoms with van der Waals surface area (Å²) in [6.45, 7) is 6.68. The van der Waals surface area contributed by atoms with Crippen molar-refractivity contribution < 1.29 is 24.2 Å². The number of rotatable bonds is 1. The van der Waals surface area contributed by atoms with Gasteiger partial charge in [-0.05, 0) is 27.7 Å². The molecule has 0 aromatic carbocycles. The maximum atomic E-state index is 11.4. The number of hydrogen-bond donors (Lipinski definition) is 2. The van der Waals surface area contributed by atoms with Crippen molar-refractivity contribution in [2.45, 2.75) is 51.5 Å². The Morgan fingerprint density at radius 2 is 2.06 bits per heavy atom. The second-order valence-corrected chi connectivity index (χ2v) is 4.76. The van der Waals surface area contributed by atoms with E-state index in [0.29, 0.717) is 0 Å². The molecule has 0 radical (unpaired) electrons. The molecule has 1 amide bonds. The number of aliphatic hydroxyl groups excluding tert-OH is 1. The van der Waals surface area contributed by atoms with Crippen molar-refractivity contribution in [2.24, 2.45) is 0 Å². The molecule has 0 saturated carbocycles. The molecular weight excluding hydrogens is 214 g/mol. The highest BCUT2D eigenvalue weighted by Gasteiger charge is 2.42. The van der Waals surface area contributed by atoms with E-state index in [-0.39, 0.29) is 0 Å². The summed E-state index contributed by atoms with van der Waals surface area (Å²) in [5, 5.41) is 11.8. The summed E-state index contributed by atoms with van der Waals surface area (Å²) in [5.41, 5.74) is -0.650. The molecule has 0 bridgehead atoms. The maximum Gasteiger partial charge on any atom is 0.408 e. The van der Waals surface area contributed by atoms with Gasteiger partial charge in [0.05, 0.1) is 0 Å². The van der Waals surface area contributed by atoms with Gasteiger partial charge >= 0.3 is 12.1 Å². The summed E-state index contributed by atoms with van der Waals surface area (Å²) in [7, 11) is 0. The molecular formula is C10H17NO5. The van der Waals surface area contributed by atoms with E-state index in [9.17, 15) is 14.7 Å². The van der Waals surface area contributed by atoms with Crippen LogP contribution in [0.25, 0.3) is 0 Å². The van der Waals surface area contributed by atoms with E-state index in [1.807, 2.05) is 0 Å². The van der Waals surface area contributed by atoms with Crippen LogP contribution in [0.15, 0.2) is 0 Å². The van der Waals surface area contributed by atoms with Gasteiger partial charge in [0, 0.05) is 0 Å². The number of nitrogens with one attached hydrogen (secondary N) is 1. The number of ether oxygens (including phenoxy) is 2. The van der Waals surface area contributed by atoms with Gasteiger partial charge in [0.1, 0.15) is 17.8 Å². The molecule has 0 aromatic heterocycles. The molecule has 1 aliphatic heterocycles. The number of hydrogen-bond acceptors (Lipinski definition) is 5. The van der Waals surface area contributed by atoms with Crippen molar-refractivity contribution in [3.05, 3.63) is 0 Å². The van der Waals surface area contributed by atoms with Crippen molar-refractivity contribution in [3.63, 3.8) is 0 Å². The fourth-order valence-electron chi connectivity index (χ4n) is 1.32. The zero-order valence-electron chi connectivity index (χ0n) is 9.81. The summed E-state index contributed by atoms with van der Waals surface area (Å²) >= 11 is 0. The van der Waals surface area contributed by atoms with Gasteiger partial charge in [-0.25, -0.2) is 9.59 Å². The minimum Gasteiger partial charge on any atom is -0.458 e. The van der Waals surface area contributed by atoms with Crippen molar-refractivity contribution in [1.29, 1.82) is 0 Å². The second kappa shape index (κ2) is 4.29. The third kappa shape index (κ3) is 3.10. The lowest BCUT2D eigenvalue weighted by Gasteiger charge is -2.21. The number of amides is 1. The summed E-state index contributed by atoms with van der Waals surface area (Å²) in [5.74, 6) is -0.647. The quantitative estimate of drug-likeness (QED) is 0.629. The average molecular weight is 231 g/mol. The van der Waals surface area contributed by atoms with Gasteiger partial charge < -0.3 is 19.9 Å². The SMILES string of the molecule is C[C@H]1OC(=O)[C@@H](NC(=O)OC(C)(C)C)[C@H]1O. The van der Waals surface area contributed by atoms with Crippen LogP contribution < -0.4 is 5.32 Å². The van der Waals surface area contributed by atoms with Crippen LogP contribution in [0, 0.1) is 0 Å². The molecule has 1 saturated heterocycles. The Kier molecular flexibility index (Phi) is 3.42. The largest absolute Gasteiger partial charge is 0.458 e. The number of aliphatic hydroxyl groups is 1. The van der Waals surface area contributed by atoms with Gasteiger partial charge in [0.15, 0.2) is 6.04 Å². The molecule has 2 N–H and O–H groups in total. The van der Waals surface area contributed by atoms with Crippen molar-refractivity contribution >= 4 is 12.1 Å². The monoisotopic (exact) mass is 231 g/mol. The lowest BCUT2D eigenvalue weighted by Crippen LogP contribution is -2.47.